The fraction of sp³-hybridized carbons (Fsp3) is 0.444. The highest BCUT2D eigenvalue weighted by Gasteiger charge is 2.14. The SMILES string of the molecule is COCCNc1nc(C)cc(N(Cc2ccccc2)C(C)C)n1. The number of hydrogen-bond acceptors (Lipinski definition) is 5. The third kappa shape index (κ3) is 5.21. The number of benzene rings is 1. The average Bonchev–Trinajstić information content (AvgIpc) is 2.53. The Morgan fingerprint density at radius 2 is 1.91 bits per heavy atom. The Morgan fingerprint density at radius 1 is 1.17 bits per heavy atom. The summed E-state index contributed by atoms with van der Waals surface area (Å²) in [7, 11) is 1.69. The number of aromatic nitrogens is 2. The molecule has 0 spiro atoms. The van der Waals surface area contributed by atoms with Crippen LogP contribution in [0.1, 0.15) is 25.1 Å². The Balaban J connectivity index is 2.21. The summed E-state index contributed by atoms with van der Waals surface area (Å²) in [4.78, 5) is 11.4. The van der Waals surface area contributed by atoms with E-state index in [4.69, 9.17) is 4.74 Å². The van der Waals surface area contributed by atoms with Crippen molar-refractivity contribution in [1.82, 2.24) is 9.97 Å². The molecule has 0 aliphatic heterocycles. The molecule has 1 heterocycles. The molecule has 0 radical (unpaired) electrons. The largest absolute Gasteiger partial charge is 0.383 e. The van der Waals surface area contributed by atoms with Crippen LogP contribution < -0.4 is 10.2 Å². The lowest BCUT2D eigenvalue weighted by atomic mass is 10.2. The number of hydrogen-bond donors (Lipinski definition) is 1. The Hall–Kier alpha value is -2.14. The molecule has 1 aromatic carbocycles. The fourth-order valence-electron chi connectivity index (χ4n) is 2.35. The van der Waals surface area contributed by atoms with Crippen molar-refractivity contribution >= 4 is 11.8 Å². The second-order valence-electron chi connectivity index (χ2n) is 5.82. The molecule has 0 bridgehead atoms. The molecule has 0 atom stereocenters. The van der Waals surface area contributed by atoms with Gasteiger partial charge in [-0.15, -0.1) is 0 Å². The summed E-state index contributed by atoms with van der Waals surface area (Å²) in [6.45, 7) is 8.50. The van der Waals surface area contributed by atoms with E-state index in [1.54, 1.807) is 7.11 Å². The van der Waals surface area contributed by atoms with Crippen LogP contribution >= 0.6 is 0 Å². The molecule has 1 aromatic heterocycles. The van der Waals surface area contributed by atoms with Crippen LogP contribution in [0.25, 0.3) is 0 Å². The van der Waals surface area contributed by atoms with Crippen LogP contribution in [0.15, 0.2) is 36.4 Å². The van der Waals surface area contributed by atoms with Gasteiger partial charge in [0.15, 0.2) is 0 Å². The molecule has 2 rings (SSSR count). The minimum atomic E-state index is 0.344. The highest BCUT2D eigenvalue weighted by molar-refractivity contribution is 5.46. The highest BCUT2D eigenvalue weighted by Crippen LogP contribution is 2.20. The maximum absolute atomic E-state index is 5.06. The number of methoxy groups -OCH3 is 1. The van der Waals surface area contributed by atoms with E-state index >= 15 is 0 Å². The summed E-state index contributed by atoms with van der Waals surface area (Å²) in [5.74, 6) is 1.59. The average molecular weight is 314 g/mol. The lowest BCUT2D eigenvalue weighted by Gasteiger charge is -2.28. The van der Waals surface area contributed by atoms with Gasteiger partial charge in [-0.2, -0.15) is 4.98 Å². The van der Waals surface area contributed by atoms with Crippen molar-refractivity contribution in [2.75, 3.05) is 30.5 Å². The molecule has 5 heteroatoms. The highest BCUT2D eigenvalue weighted by atomic mass is 16.5. The minimum absolute atomic E-state index is 0.344. The molecule has 0 saturated carbocycles. The van der Waals surface area contributed by atoms with Crippen molar-refractivity contribution in [1.29, 1.82) is 0 Å². The van der Waals surface area contributed by atoms with Gasteiger partial charge in [0, 0.05) is 38.0 Å². The van der Waals surface area contributed by atoms with Crippen molar-refractivity contribution in [3.05, 3.63) is 47.7 Å². The molecule has 0 fully saturated rings. The Kier molecular flexibility index (Phi) is 6.35. The van der Waals surface area contributed by atoms with E-state index in [0.717, 1.165) is 18.1 Å². The predicted molar refractivity (Wildman–Crippen MR) is 94.9 cm³/mol. The van der Waals surface area contributed by atoms with Gasteiger partial charge in [-0.1, -0.05) is 30.3 Å². The molecule has 23 heavy (non-hydrogen) atoms. The molecule has 0 aliphatic rings. The molecule has 0 amide bonds. The maximum atomic E-state index is 5.06. The molecule has 2 aromatic rings. The van der Waals surface area contributed by atoms with Gasteiger partial charge in [0.1, 0.15) is 5.82 Å². The summed E-state index contributed by atoms with van der Waals surface area (Å²) in [5, 5.41) is 3.21. The predicted octanol–water partition coefficient (Wildman–Crippen LogP) is 3.26. The van der Waals surface area contributed by atoms with E-state index in [9.17, 15) is 0 Å². The van der Waals surface area contributed by atoms with E-state index in [1.165, 1.54) is 5.56 Å². The second-order valence-corrected chi connectivity index (χ2v) is 5.82. The lowest BCUT2D eigenvalue weighted by Crippen LogP contribution is -2.31. The standard InChI is InChI=1S/C18H26N4O/c1-14(2)22(13-16-8-6-5-7-9-16)17-12-15(3)20-18(21-17)19-10-11-23-4/h5-9,12,14H,10-11,13H2,1-4H3,(H,19,20,21). The molecule has 124 valence electrons. The van der Waals surface area contributed by atoms with Gasteiger partial charge in [-0.05, 0) is 26.3 Å². The van der Waals surface area contributed by atoms with Crippen molar-refractivity contribution in [2.45, 2.75) is 33.4 Å². The van der Waals surface area contributed by atoms with Crippen molar-refractivity contribution < 1.29 is 4.74 Å². The molecule has 0 aliphatic carbocycles. The zero-order chi connectivity index (χ0) is 16.7. The number of aryl methyl sites for hydroxylation is 1. The molecule has 0 unspecified atom stereocenters. The topological polar surface area (TPSA) is 50.3 Å². The van der Waals surface area contributed by atoms with Gasteiger partial charge in [0.25, 0.3) is 0 Å². The minimum Gasteiger partial charge on any atom is -0.383 e. The van der Waals surface area contributed by atoms with Crippen LogP contribution in [-0.4, -0.2) is 36.3 Å². The first-order valence-corrected chi connectivity index (χ1v) is 7.99. The van der Waals surface area contributed by atoms with Crippen molar-refractivity contribution in [3.8, 4) is 0 Å². The monoisotopic (exact) mass is 314 g/mol. The van der Waals surface area contributed by atoms with Gasteiger partial charge < -0.3 is 15.0 Å². The molecule has 0 saturated heterocycles. The van der Waals surface area contributed by atoms with Crippen LogP contribution in [0.3, 0.4) is 0 Å². The number of ether oxygens (including phenoxy) is 1. The number of nitrogens with zero attached hydrogens (tertiary/aromatic N) is 3. The van der Waals surface area contributed by atoms with Crippen LogP contribution in [0.5, 0.6) is 0 Å². The smallest absolute Gasteiger partial charge is 0.224 e. The number of anilines is 2. The zero-order valence-electron chi connectivity index (χ0n) is 14.4. The van der Waals surface area contributed by atoms with Gasteiger partial charge >= 0.3 is 0 Å². The van der Waals surface area contributed by atoms with Gasteiger partial charge in [0.05, 0.1) is 6.61 Å². The number of nitrogens with one attached hydrogen (secondary N) is 1. The molecule has 1 N–H and O–H groups in total. The first-order valence-electron chi connectivity index (χ1n) is 7.99. The van der Waals surface area contributed by atoms with Crippen molar-refractivity contribution in [3.63, 3.8) is 0 Å². The third-order valence-electron chi connectivity index (χ3n) is 3.54. The molecular formula is C18H26N4O. The van der Waals surface area contributed by atoms with Gasteiger partial charge in [-0.3, -0.25) is 0 Å². The summed E-state index contributed by atoms with van der Waals surface area (Å²) in [6, 6.07) is 12.8. The second kappa shape index (κ2) is 8.48. The first-order chi connectivity index (χ1) is 11.1. The Bertz CT molecular complexity index is 601. The maximum Gasteiger partial charge on any atom is 0.224 e. The van der Waals surface area contributed by atoms with E-state index in [1.807, 2.05) is 19.1 Å². The Labute approximate surface area is 138 Å². The van der Waals surface area contributed by atoms with E-state index in [2.05, 4.69) is 58.3 Å². The van der Waals surface area contributed by atoms with Gasteiger partial charge in [-0.25, -0.2) is 4.98 Å². The number of rotatable bonds is 8. The quantitative estimate of drug-likeness (QED) is 0.758. The summed E-state index contributed by atoms with van der Waals surface area (Å²) in [6.07, 6.45) is 0. The van der Waals surface area contributed by atoms with Crippen molar-refractivity contribution in [2.24, 2.45) is 0 Å². The first kappa shape index (κ1) is 17.2. The summed E-state index contributed by atoms with van der Waals surface area (Å²) >= 11 is 0. The third-order valence-corrected chi connectivity index (χ3v) is 3.54. The van der Waals surface area contributed by atoms with Crippen LogP contribution in [0.4, 0.5) is 11.8 Å². The zero-order valence-corrected chi connectivity index (χ0v) is 14.4. The van der Waals surface area contributed by atoms with E-state index < -0.39 is 0 Å². The van der Waals surface area contributed by atoms with Crippen LogP contribution in [0, 0.1) is 6.92 Å². The summed E-state index contributed by atoms with van der Waals surface area (Å²) in [5.41, 5.74) is 2.22. The Morgan fingerprint density at radius 3 is 2.57 bits per heavy atom. The summed E-state index contributed by atoms with van der Waals surface area (Å²) < 4.78 is 5.06. The van der Waals surface area contributed by atoms with Crippen LogP contribution in [-0.2, 0) is 11.3 Å². The van der Waals surface area contributed by atoms with E-state index in [-0.39, 0.29) is 0 Å². The van der Waals surface area contributed by atoms with Gasteiger partial charge in [0.2, 0.25) is 5.95 Å². The molecular weight excluding hydrogens is 288 g/mol. The lowest BCUT2D eigenvalue weighted by molar-refractivity contribution is 0.210. The molecule has 5 nitrogen and oxygen atoms in total. The fourth-order valence-corrected chi connectivity index (χ4v) is 2.35. The van der Waals surface area contributed by atoms with Crippen LogP contribution in [0.2, 0.25) is 0 Å². The normalized spacial score (nSPS) is 10.8. The van der Waals surface area contributed by atoms with E-state index in [0.29, 0.717) is 25.1 Å².